The minimum atomic E-state index is 0.510. The highest BCUT2D eigenvalue weighted by Crippen LogP contribution is 2.08. The lowest BCUT2D eigenvalue weighted by Gasteiger charge is -1.97. The van der Waals surface area contributed by atoms with Gasteiger partial charge in [-0.05, 0) is 6.42 Å². The van der Waals surface area contributed by atoms with Crippen molar-refractivity contribution in [2.45, 2.75) is 51.9 Å². The molecule has 15 heavy (non-hydrogen) atoms. The number of anilines is 1. The molecular weight excluding hydrogens is 188 g/mol. The van der Waals surface area contributed by atoms with E-state index in [9.17, 15) is 0 Å². The predicted molar refractivity (Wildman–Crippen MR) is 62.5 cm³/mol. The van der Waals surface area contributed by atoms with Crippen LogP contribution in [0.3, 0.4) is 0 Å². The van der Waals surface area contributed by atoms with Crippen LogP contribution in [-0.4, -0.2) is 14.8 Å². The van der Waals surface area contributed by atoms with Crippen LogP contribution in [0.4, 0.5) is 5.95 Å². The summed E-state index contributed by atoms with van der Waals surface area (Å²) >= 11 is 0. The Labute approximate surface area is 91.9 Å². The number of hydrogen-bond donors (Lipinski definition) is 1. The Hall–Kier alpha value is -1.06. The molecule has 1 heterocycles. The first-order valence-corrected chi connectivity index (χ1v) is 5.89. The maximum atomic E-state index is 5.60. The molecule has 0 aliphatic heterocycles. The van der Waals surface area contributed by atoms with Crippen molar-refractivity contribution in [1.29, 1.82) is 0 Å². The second-order valence-corrected chi connectivity index (χ2v) is 4.03. The van der Waals surface area contributed by atoms with Gasteiger partial charge in [0, 0.05) is 13.5 Å². The summed E-state index contributed by atoms with van der Waals surface area (Å²) in [5.74, 6) is 1.39. The van der Waals surface area contributed by atoms with Gasteiger partial charge in [0.15, 0.2) is 5.82 Å². The van der Waals surface area contributed by atoms with Gasteiger partial charge in [-0.15, -0.1) is 0 Å². The average molecular weight is 210 g/mol. The number of aromatic nitrogens is 3. The second-order valence-electron chi connectivity index (χ2n) is 4.03. The van der Waals surface area contributed by atoms with Crippen molar-refractivity contribution in [1.82, 2.24) is 14.8 Å². The third-order valence-corrected chi connectivity index (χ3v) is 2.59. The minimum absolute atomic E-state index is 0.510. The third kappa shape index (κ3) is 4.32. The van der Waals surface area contributed by atoms with Crippen molar-refractivity contribution in [3.8, 4) is 0 Å². The van der Waals surface area contributed by atoms with Crippen molar-refractivity contribution in [3.05, 3.63) is 5.82 Å². The fourth-order valence-electron chi connectivity index (χ4n) is 1.62. The van der Waals surface area contributed by atoms with E-state index in [-0.39, 0.29) is 0 Å². The van der Waals surface area contributed by atoms with E-state index in [2.05, 4.69) is 17.0 Å². The highest BCUT2D eigenvalue weighted by molar-refractivity contribution is 5.15. The Morgan fingerprint density at radius 2 is 1.80 bits per heavy atom. The lowest BCUT2D eigenvalue weighted by Crippen LogP contribution is -1.97. The van der Waals surface area contributed by atoms with Crippen LogP contribution >= 0.6 is 0 Å². The lowest BCUT2D eigenvalue weighted by molar-refractivity contribution is 0.599. The number of rotatable bonds is 7. The minimum Gasteiger partial charge on any atom is -0.368 e. The lowest BCUT2D eigenvalue weighted by atomic mass is 10.1. The zero-order chi connectivity index (χ0) is 11.1. The zero-order valence-electron chi connectivity index (χ0n) is 9.87. The summed E-state index contributed by atoms with van der Waals surface area (Å²) in [6.45, 7) is 2.24. The van der Waals surface area contributed by atoms with Gasteiger partial charge < -0.3 is 5.73 Å². The van der Waals surface area contributed by atoms with E-state index in [0.29, 0.717) is 5.95 Å². The Morgan fingerprint density at radius 3 is 2.40 bits per heavy atom. The predicted octanol–water partition coefficient (Wildman–Crippen LogP) is 2.30. The third-order valence-electron chi connectivity index (χ3n) is 2.59. The molecule has 1 rings (SSSR count). The van der Waals surface area contributed by atoms with E-state index in [1.54, 1.807) is 4.68 Å². The van der Waals surface area contributed by atoms with Gasteiger partial charge >= 0.3 is 0 Å². The summed E-state index contributed by atoms with van der Waals surface area (Å²) in [5, 5.41) is 4.22. The topological polar surface area (TPSA) is 56.7 Å². The van der Waals surface area contributed by atoms with E-state index in [4.69, 9.17) is 5.73 Å². The van der Waals surface area contributed by atoms with Crippen molar-refractivity contribution in [2.75, 3.05) is 5.73 Å². The highest BCUT2D eigenvalue weighted by atomic mass is 15.4. The molecule has 4 nitrogen and oxygen atoms in total. The molecule has 0 fully saturated rings. The van der Waals surface area contributed by atoms with Crippen LogP contribution in [0.5, 0.6) is 0 Å². The molecule has 2 N–H and O–H groups in total. The van der Waals surface area contributed by atoms with Crippen LogP contribution < -0.4 is 5.73 Å². The summed E-state index contributed by atoms with van der Waals surface area (Å²) in [7, 11) is 1.83. The smallest absolute Gasteiger partial charge is 0.218 e. The summed E-state index contributed by atoms with van der Waals surface area (Å²) in [6.07, 6.45) is 8.75. The van der Waals surface area contributed by atoms with E-state index < -0.39 is 0 Å². The quantitative estimate of drug-likeness (QED) is 0.702. The van der Waals surface area contributed by atoms with Gasteiger partial charge in [-0.1, -0.05) is 39.0 Å². The van der Waals surface area contributed by atoms with Gasteiger partial charge in [0.05, 0.1) is 0 Å². The van der Waals surface area contributed by atoms with Gasteiger partial charge in [0.25, 0.3) is 0 Å². The molecule has 86 valence electrons. The van der Waals surface area contributed by atoms with E-state index in [1.807, 2.05) is 7.05 Å². The zero-order valence-corrected chi connectivity index (χ0v) is 9.87. The van der Waals surface area contributed by atoms with Crippen molar-refractivity contribution >= 4 is 5.95 Å². The molecule has 0 aliphatic carbocycles. The number of hydrogen-bond acceptors (Lipinski definition) is 3. The Morgan fingerprint density at radius 1 is 1.13 bits per heavy atom. The van der Waals surface area contributed by atoms with Crippen LogP contribution in [0.1, 0.15) is 51.3 Å². The van der Waals surface area contributed by atoms with E-state index in [0.717, 1.165) is 12.2 Å². The summed E-state index contributed by atoms with van der Waals surface area (Å²) < 4.78 is 1.63. The summed E-state index contributed by atoms with van der Waals surface area (Å²) in [4.78, 5) is 4.17. The first-order chi connectivity index (χ1) is 7.24. The molecule has 0 aromatic carbocycles. The molecule has 0 aliphatic rings. The number of nitrogens with zero attached hydrogens (tertiary/aromatic N) is 3. The molecule has 0 atom stereocenters. The van der Waals surface area contributed by atoms with Crippen LogP contribution in [0.2, 0.25) is 0 Å². The Kier molecular flexibility index (Phi) is 5.15. The highest BCUT2D eigenvalue weighted by Gasteiger charge is 2.02. The van der Waals surface area contributed by atoms with Crippen LogP contribution in [0, 0.1) is 0 Å². The number of aryl methyl sites for hydroxylation is 2. The molecule has 4 heteroatoms. The Bertz CT molecular complexity index is 261. The molecule has 0 saturated heterocycles. The largest absolute Gasteiger partial charge is 0.368 e. The molecule has 0 spiro atoms. The molecule has 0 amide bonds. The first kappa shape index (κ1) is 12.0. The average Bonchev–Trinajstić information content (AvgIpc) is 2.52. The standard InChI is InChI=1S/C11H22N4/c1-3-4-5-6-7-8-9-10-13-11(12)15(2)14-10/h3-9H2,1-2H3,(H2,12,13,14). The van der Waals surface area contributed by atoms with Crippen molar-refractivity contribution < 1.29 is 0 Å². The molecule has 1 aromatic rings. The van der Waals surface area contributed by atoms with Crippen molar-refractivity contribution in [2.24, 2.45) is 7.05 Å². The maximum absolute atomic E-state index is 5.60. The monoisotopic (exact) mass is 210 g/mol. The molecule has 1 aromatic heterocycles. The number of nitrogens with two attached hydrogens (primary N) is 1. The maximum Gasteiger partial charge on any atom is 0.218 e. The molecule has 0 bridgehead atoms. The van der Waals surface area contributed by atoms with E-state index >= 15 is 0 Å². The molecule has 0 unspecified atom stereocenters. The van der Waals surface area contributed by atoms with Gasteiger partial charge in [-0.3, -0.25) is 0 Å². The molecule has 0 saturated carbocycles. The van der Waals surface area contributed by atoms with Gasteiger partial charge in [-0.2, -0.15) is 10.1 Å². The fraction of sp³-hybridized carbons (Fsp3) is 0.818. The van der Waals surface area contributed by atoms with Crippen molar-refractivity contribution in [3.63, 3.8) is 0 Å². The van der Waals surface area contributed by atoms with Gasteiger partial charge in [0.2, 0.25) is 5.95 Å². The first-order valence-electron chi connectivity index (χ1n) is 5.89. The second kappa shape index (κ2) is 6.43. The number of nitrogen functional groups attached to an aromatic ring is 1. The van der Waals surface area contributed by atoms with Gasteiger partial charge in [-0.25, -0.2) is 4.68 Å². The van der Waals surface area contributed by atoms with Gasteiger partial charge in [0.1, 0.15) is 0 Å². The molecular formula is C11H22N4. The molecule has 0 radical (unpaired) electrons. The van der Waals surface area contributed by atoms with E-state index in [1.165, 1.54) is 38.5 Å². The SMILES string of the molecule is CCCCCCCCc1nc(N)n(C)n1. The van der Waals surface area contributed by atoms with Crippen LogP contribution in [0.15, 0.2) is 0 Å². The van der Waals surface area contributed by atoms with Crippen LogP contribution in [-0.2, 0) is 13.5 Å². The normalized spacial score (nSPS) is 10.8. The summed E-state index contributed by atoms with van der Waals surface area (Å²) in [6, 6.07) is 0. The van der Waals surface area contributed by atoms with Crippen LogP contribution in [0.25, 0.3) is 0 Å². The Balaban J connectivity index is 2.10. The number of unbranched alkanes of at least 4 members (excludes halogenated alkanes) is 5. The fourth-order valence-corrected chi connectivity index (χ4v) is 1.62. The summed E-state index contributed by atoms with van der Waals surface area (Å²) in [5.41, 5.74) is 5.60.